The summed E-state index contributed by atoms with van der Waals surface area (Å²) < 4.78 is 28.1. The summed E-state index contributed by atoms with van der Waals surface area (Å²) in [5, 5.41) is 3.43. The Balaban J connectivity index is 1.32. The van der Waals surface area contributed by atoms with Crippen molar-refractivity contribution in [2.45, 2.75) is 51.5 Å². The van der Waals surface area contributed by atoms with Gasteiger partial charge in [0.1, 0.15) is 11.6 Å². The van der Waals surface area contributed by atoms with Crippen LogP contribution >= 0.6 is 0 Å². The predicted octanol–water partition coefficient (Wildman–Crippen LogP) is 6.12. The highest BCUT2D eigenvalue weighted by molar-refractivity contribution is 5.28. The van der Waals surface area contributed by atoms with Gasteiger partial charge in [0.2, 0.25) is 0 Å². The maximum absolute atomic E-state index is 14.6. The summed E-state index contributed by atoms with van der Waals surface area (Å²) in [5.74, 6) is -1.06. The lowest BCUT2D eigenvalue weighted by atomic mass is 9.90. The van der Waals surface area contributed by atoms with Gasteiger partial charge < -0.3 is 5.32 Å². The second kappa shape index (κ2) is 11.5. The predicted molar refractivity (Wildman–Crippen MR) is 137 cm³/mol. The third-order valence-electron chi connectivity index (χ3n) is 6.76. The number of aryl methyl sites for hydroxylation is 1. The Morgan fingerprint density at radius 3 is 2.47 bits per heavy atom. The van der Waals surface area contributed by atoms with Crippen LogP contribution < -0.4 is 5.32 Å². The van der Waals surface area contributed by atoms with Crippen molar-refractivity contribution in [1.29, 1.82) is 0 Å². The second-order valence-corrected chi connectivity index (χ2v) is 9.34. The van der Waals surface area contributed by atoms with Crippen molar-refractivity contribution < 1.29 is 8.78 Å². The van der Waals surface area contributed by atoms with Crippen molar-refractivity contribution in [1.82, 2.24) is 20.2 Å². The largest absolute Gasteiger partial charge is 0.307 e. The summed E-state index contributed by atoms with van der Waals surface area (Å²) in [5.41, 5.74) is 6.17. The number of rotatable bonds is 9. The Kier molecular flexibility index (Phi) is 7.74. The Labute approximate surface area is 211 Å². The lowest BCUT2D eigenvalue weighted by molar-refractivity contribution is 0.155. The van der Waals surface area contributed by atoms with Gasteiger partial charge in [-0.25, -0.2) is 8.78 Å². The molecule has 0 radical (unpaired) electrons. The minimum Gasteiger partial charge on any atom is -0.307 e. The number of fused-ring (bicyclic) bond motifs is 1. The molecule has 0 amide bonds. The molecule has 4 aromatic rings. The molecule has 2 aromatic carbocycles. The van der Waals surface area contributed by atoms with E-state index in [4.69, 9.17) is 4.98 Å². The van der Waals surface area contributed by atoms with Crippen LogP contribution in [0.5, 0.6) is 0 Å². The van der Waals surface area contributed by atoms with E-state index in [1.54, 1.807) is 12.3 Å². The molecule has 1 atom stereocenters. The molecular weight excluding hydrogens is 454 g/mol. The van der Waals surface area contributed by atoms with Crippen LogP contribution in [0.4, 0.5) is 8.78 Å². The molecule has 184 valence electrons. The quantitative estimate of drug-likeness (QED) is 0.311. The number of pyridine rings is 2. The molecule has 0 saturated carbocycles. The number of nitrogens with zero attached hydrogens (tertiary/aromatic N) is 3. The zero-order valence-corrected chi connectivity index (χ0v) is 20.2. The van der Waals surface area contributed by atoms with Gasteiger partial charge in [0.25, 0.3) is 0 Å². The molecule has 1 aliphatic carbocycles. The highest BCUT2D eigenvalue weighted by atomic mass is 19.1. The number of aromatic nitrogens is 2. The van der Waals surface area contributed by atoms with Crippen molar-refractivity contribution in [3.05, 3.63) is 130 Å². The molecule has 0 bridgehead atoms. The molecule has 36 heavy (non-hydrogen) atoms. The van der Waals surface area contributed by atoms with Crippen molar-refractivity contribution in [2.24, 2.45) is 0 Å². The second-order valence-electron chi connectivity index (χ2n) is 9.34. The molecule has 1 unspecified atom stereocenters. The Morgan fingerprint density at radius 1 is 0.833 bits per heavy atom. The summed E-state index contributed by atoms with van der Waals surface area (Å²) in [6.45, 7) is 2.51. The van der Waals surface area contributed by atoms with Gasteiger partial charge in [-0.1, -0.05) is 42.5 Å². The third kappa shape index (κ3) is 6.01. The van der Waals surface area contributed by atoms with E-state index >= 15 is 0 Å². The van der Waals surface area contributed by atoms with E-state index in [0.29, 0.717) is 25.2 Å². The van der Waals surface area contributed by atoms with Crippen LogP contribution in [0.1, 0.15) is 52.5 Å². The number of nitrogens with one attached hydrogen (secondary N) is 1. The van der Waals surface area contributed by atoms with Crippen molar-refractivity contribution in [3.63, 3.8) is 0 Å². The zero-order valence-electron chi connectivity index (χ0n) is 20.2. The van der Waals surface area contributed by atoms with Gasteiger partial charge in [-0.3, -0.25) is 14.9 Å². The topological polar surface area (TPSA) is 41.0 Å². The summed E-state index contributed by atoms with van der Waals surface area (Å²) >= 11 is 0. The average molecular weight is 485 g/mol. The standard InChI is InChI=1S/C30H30F2N4/c31-26-14-13-25(28(32)17-26)21-36(29-8-3-5-24-6-4-16-35-30(24)29)20-23-11-9-22(10-12-23)18-33-19-27-7-1-2-15-34-27/h1-2,4,6-7,9-17,29,33H,3,5,8,18-21H2. The van der Waals surface area contributed by atoms with E-state index in [-0.39, 0.29) is 6.04 Å². The van der Waals surface area contributed by atoms with Gasteiger partial charge in [0, 0.05) is 50.2 Å². The molecular formula is C30H30F2N4. The SMILES string of the molecule is Fc1ccc(CN(Cc2ccc(CNCc3ccccn3)cc2)C2CCCc3cccnc32)c(F)c1. The summed E-state index contributed by atoms with van der Waals surface area (Å²) in [7, 11) is 0. The fraction of sp³-hybridized carbons (Fsp3) is 0.267. The minimum absolute atomic E-state index is 0.0825. The molecule has 2 heterocycles. The molecule has 0 spiro atoms. The Bertz CT molecular complexity index is 1280. The van der Waals surface area contributed by atoms with Crippen molar-refractivity contribution in [2.75, 3.05) is 0 Å². The van der Waals surface area contributed by atoms with E-state index in [1.807, 2.05) is 30.5 Å². The number of hydrogen-bond donors (Lipinski definition) is 1. The lowest BCUT2D eigenvalue weighted by Gasteiger charge is -2.35. The van der Waals surface area contributed by atoms with Crippen LogP contribution in [0.15, 0.2) is 85.2 Å². The molecule has 0 saturated heterocycles. The number of benzene rings is 2. The molecule has 2 aromatic heterocycles. The first-order chi connectivity index (χ1) is 17.7. The number of hydrogen-bond acceptors (Lipinski definition) is 4. The van der Waals surface area contributed by atoms with Gasteiger partial charge in [-0.2, -0.15) is 0 Å². The molecule has 5 rings (SSSR count). The van der Waals surface area contributed by atoms with Crippen LogP contribution in [-0.4, -0.2) is 14.9 Å². The van der Waals surface area contributed by atoms with E-state index in [0.717, 1.165) is 48.8 Å². The van der Waals surface area contributed by atoms with Gasteiger partial charge in [-0.15, -0.1) is 0 Å². The normalized spacial score (nSPS) is 15.1. The molecule has 0 aliphatic heterocycles. The van der Waals surface area contributed by atoms with Gasteiger partial charge in [0.15, 0.2) is 0 Å². The van der Waals surface area contributed by atoms with Crippen molar-refractivity contribution in [3.8, 4) is 0 Å². The lowest BCUT2D eigenvalue weighted by Crippen LogP contribution is -2.31. The summed E-state index contributed by atoms with van der Waals surface area (Å²) in [4.78, 5) is 11.3. The van der Waals surface area contributed by atoms with Gasteiger partial charge in [-0.05, 0) is 60.2 Å². The van der Waals surface area contributed by atoms with Gasteiger partial charge in [0.05, 0.1) is 17.4 Å². The van der Waals surface area contributed by atoms with E-state index in [2.05, 4.69) is 45.5 Å². The fourth-order valence-corrected chi connectivity index (χ4v) is 4.92. The van der Waals surface area contributed by atoms with E-state index in [1.165, 1.54) is 17.2 Å². The molecule has 1 N–H and O–H groups in total. The van der Waals surface area contributed by atoms with Crippen LogP contribution in [0, 0.1) is 11.6 Å². The molecule has 1 aliphatic rings. The highest BCUT2D eigenvalue weighted by Crippen LogP contribution is 2.35. The molecule has 6 heteroatoms. The van der Waals surface area contributed by atoms with Crippen LogP contribution in [0.25, 0.3) is 0 Å². The Hall–Kier alpha value is -3.48. The average Bonchev–Trinajstić information content (AvgIpc) is 2.91. The van der Waals surface area contributed by atoms with Gasteiger partial charge >= 0.3 is 0 Å². The fourth-order valence-electron chi connectivity index (χ4n) is 4.92. The summed E-state index contributed by atoms with van der Waals surface area (Å²) in [6, 6.07) is 22.5. The van der Waals surface area contributed by atoms with Crippen LogP contribution in [0.3, 0.4) is 0 Å². The van der Waals surface area contributed by atoms with Crippen molar-refractivity contribution >= 4 is 0 Å². The first-order valence-electron chi connectivity index (χ1n) is 12.5. The molecule has 0 fully saturated rings. The summed E-state index contributed by atoms with van der Waals surface area (Å²) in [6.07, 6.45) is 6.67. The zero-order chi connectivity index (χ0) is 24.7. The minimum atomic E-state index is -0.556. The van der Waals surface area contributed by atoms with E-state index < -0.39 is 11.6 Å². The van der Waals surface area contributed by atoms with Crippen LogP contribution in [0.2, 0.25) is 0 Å². The first-order valence-corrected chi connectivity index (χ1v) is 12.5. The first kappa shape index (κ1) is 24.2. The maximum atomic E-state index is 14.6. The monoisotopic (exact) mass is 484 g/mol. The smallest absolute Gasteiger partial charge is 0.130 e. The maximum Gasteiger partial charge on any atom is 0.130 e. The Morgan fingerprint density at radius 2 is 1.67 bits per heavy atom. The van der Waals surface area contributed by atoms with E-state index in [9.17, 15) is 8.78 Å². The third-order valence-corrected chi connectivity index (χ3v) is 6.76. The molecule has 4 nitrogen and oxygen atoms in total. The van der Waals surface area contributed by atoms with Crippen LogP contribution in [-0.2, 0) is 32.6 Å². The number of halogens is 2. The highest BCUT2D eigenvalue weighted by Gasteiger charge is 2.28.